The van der Waals surface area contributed by atoms with Crippen LogP contribution >= 0.6 is 12.4 Å². The number of nitrogens with two attached hydrogens (primary N) is 1. The predicted octanol–water partition coefficient (Wildman–Crippen LogP) is 3.39. The standard InChI is InChI=1S/C25H32N6O2.ClH/c1-14-21(25(32)31-18-7-9-27-10-8-18)23-24(28-14)22(29-15(2)30-23)19-11-17(12-26)5-6-20(19)33-13-16-3-4-16;/h5-6,11,16,18,27-28H,3-4,7-10,12-13,26H2,1-2H3,(H,31,32);1H. The van der Waals surface area contributed by atoms with Crippen LogP contribution in [0.3, 0.4) is 0 Å². The van der Waals surface area contributed by atoms with E-state index in [0.717, 1.165) is 59.7 Å². The highest BCUT2D eigenvalue weighted by atomic mass is 35.5. The van der Waals surface area contributed by atoms with Crippen molar-refractivity contribution in [2.24, 2.45) is 11.7 Å². The Balaban J connectivity index is 0.00000274. The van der Waals surface area contributed by atoms with Crippen LogP contribution in [-0.4, -0.2) is 46.6 Å². The minimum Gasteiger partial charge on any atom is -0.493 e. The second-order valence-corrected chi connectivity index (χ2v) is 9.25. The Hall–Kier alpha value is -2.68. The van der Waals surface area contributed by atoms with E-state index in [4.69, 9.17) is 15.5 Å². The van der Waals surface area contributed by atoms with Crippen LogP contribution in [0, 0.1) is 19.8 Å². The maximum atomic E-state index is 13.3. The summed E-state index contributed by atoms with van der Waals surface area (Å²) >= 11 is 0. The summed E-state index contributed by atoms with van der Waals surface area (Å²) in [6, 6.07) is 6.18. The monoisotopic (exact) mass is 484 g/mol. The van der Waals surface area contributed by atoms with E-state index in [1.807, 2.05) is 32.0 Å². The number of hydrogen-bond donors (Lipinski definition) is 4. The number of benzene rings is 1. The van der Waals surface area contributed by atoms with E-state index in [-0.39, 0.29) is 24.4 Å². The quantitative estimate of drug-likeness (QED) is 0.408. The molecule has 1 amide bonds. The summed E-state index contributed by atoms with van der Waals surface area (Å²) in [5.74, 6) is 1.94. The van der Waals surface area contributed by atoms with E-state index in [9.17, 15) is 4.79 Å². The Morgan fingerprint density at radius 3 is 2.65 bits per heavy atom. The molecule has 2 fully saturated rings. The molecule has 8 nitrogen and oxygen atoms in total. The van der Waals surface area contributed by atoms with Crippen molar-refractivity contribution in [3.05, 3.63) is 40.8 Å². The lowest BCUT2D eigenvalue weighted by atomic mass is 10.0. The molecule has 0 spiro atoms. The molecule has 0 unspecified atom stereocenters. The summed E-state index contributed by atoms with van der Waals surface area (Å²) in [5.41, 5.74) is 11.3. The Kier molecular flexibility index (Phi) is 7.40. The minimum atomic E-state index is -0.0874. The van der Waals surface area contributed by atoms with Gasteiger partial charge in [-0.15, -0.1) is 12.4 Å². The fourth-order valence-electron chi connectivity index (χ4n) is 4.50. The molecule has 0 bridgehead atoms. The van der Waals surface area contributed by atoms with E-state index in [1.54, 1.807) is 0 Å². The summed E-state index contributed by atoms with van der Waals surface area (Å²) in [6.07, 6.45) is 4.30. The van der Waals surface area contributed by atoms with Crippen LogP contribution in [0.1, 0.15) is 53.1 Å². The normalized spacial score (nSPS) is 16.3. The Labute approximate surface area is 205 Å². The van der Waals surface area contributed by atoms with Crippen molar-refractivity contribution in [3.63, 3.8) is 0 Å². The molecule has 1 aromatic carbocycles. The minimum absolute atomic E-state index is 0. The highest BCUT2D eigenvalue weighted by Crippen LogP contribution is 2.37. The first kappa shape index (κ1) is 24.4. The number of rotatable bonds is 7. The summed E-state index contributed by atoms with van der Waals surface area (Å²) < 4.78 is 6.19. The smallest absolute Gasteiger partial charge is 0.255 e. The van der Waals surface area contributed by atoms with Crippen LogP contribution in [0.15, 0.2) is 18.2 Å². The van der Waals surface area contributed by atoms with Gasteiger partial charge in [0.05, 0.1) is 17.7 Å². The first-order chi connectivity index (χ1) is 16.0. The third-order valence-electron chi connectivity index (χ3n) is 6.55. The number of aryl methyl sites for hydroxylation is 2. The summed E-state index contributed by atoms with van der Waals surface area (Å²) in [4.78, 5) is 26.1. The fraction of sp³-hybridized carbons (Fsp3) is 0.480. The van der Waals surface area contributed by atoms with Gasteiger partial charge in [0.2, 0.25) is 0 Å². The number of H-pyrrole nitrogens is 1. The predicted molar refractivity (Wildman–Crippen MR) is 136 cm³/mol. The summed E-state index contributed by atoms with van der Waals surface area (Å²) in [5, 5.41) is 6.54. The van der Waals surface area contributed by atoms with Crippen molar-refractivity contribution in [2.45, 2.75) is 52.1 Å². The first-order valence-electron chi connectivity index (χ1n) is 11.9. The van der Waals surface area contributed by atoms with E-state index >= 15 is 0 Å². The highest BCUT2D eigenvalue weighted by molar-refractivity contribution is 6.09. The van der Waals surface area contributed by atoms with Gasteiger partial charge in [-0.05, 0) is 76.2 Å². The van der Waals surface area contributed by atoms with Gasteiger partial charge in [0.25, 0.3) is 5.91 Å². The van der Waals surface area contributed by atoms with E-state index < -0.39 is 0 Å². The van der Waals surface area contributed by atoms with Crippen molar-refractivity contribution in [1.29, 1.82) is 0 Å². The van der Waals surface area contributed by atoms with E-state index in [2.05, 4.69) is 20.6 Å². The van der Waals surface area contributed by atoms with Gasteiger partial charge in [-0.3, -0.25) is 4.79 Å². The Bertz CT molecular complexity index is 1180. The number of aromatic nitrogens is 3. The van der Waals surface area contributed by atoms with Gasteiger partial charge in [-0.2, -0.15) is 0 Å². The molecule has 5 rings (SSSR count). The third kappa shape index (κ3) is 5.04. The zero-order valence-corrected chi connectivity index (χ0v) is 20.6. The Morgan fingerprint density at radius 2 is 1.94 bits per heavy atom. The molecular formula is C25H33ClN6O2. The second kappa shape index (κ2) is 10.3. The van der Waals surface area contributed by atoms with Crippen LogP contribution in [0.25, 0.3) is 22.3 Å². The third-order valence-corrected chi connectivity index (χ3v) is 6.55. The number of halogens is 1. The van der Waals surface area contributed by atoms with Gasteiger partial charge in [-0.1, -0.05) is 6.07 Å². The van der Waals surface area contributed by atoms with Gasteiger partial charge in [0, 0.05) is 23.8 Å². The largest absolute Gasteiger partial charge is 0.493 e. The molecule has 1 saturated heterocycles. The molecule has 2 aliphatic rings. The van der Waals surface area contributed by atoms with Crippen molar-refractivity contribution < 1.29 is 9.53 Å². The SMILES string of the molecule is Cc1nc(-c2cc(CN)ccc2OCC2CC2)c2[nH]c(C)c(C(=O)NC3CCNCC3)c2n1.Cl. The molecule has 1 aliphatic heterocycles. The van der Waals surface area contributed by atoms with E-state index in [0.29, 0.717) is 36.0 Å². The first-order valence-corrected chi connectivity index (χ1v) is 11.9. The zero-order valence-electron chi connectivity index (χ0n) is 19.7. The number of carbonyl (C=O) groups is 1. The van der Waals surface area contributed by atoms with Crippen molar-refractivity contribution >= 4 is 29.3 Å². The van der Waals surface area contributed by atoms with Crippen molar-refractivity contribution in [1.82, 2.24) is 25.6 Å². The average molecular weight is 485 g/mol. The molecule has 0 atom stereocenters. The lowest BCUT2D eigenvalue weighted by Gasteiger charge is -2.23. The number of fused-ring (bicyclic) bond motifs is 1. The number of piperidine rings is 1. The summed E-state index contributed by atoms with van der Waals surface area (Å²) in [6.45, 7) is 6.75. The number of ether oxygens (including phenoxy) is 1. The molecule has 3 heterocycles. The van der Waals surface area contributed by atoms with Gasteiger partial charge in [-0.25, -0.2) is 9.97 Å². The number of nitrogens with one attached hydrogen (secondary N) is 3. The average Bonchev–Trinajstić information content (AvgIpc) is 3.58. The number of amides is 1. The molecule has 3 aromatic rings. The maximum absolute atomic E-state index is 13.3. The number of nitrogens with zero attached hydrogens (tertiary/aromatic N) is 2. The maximum Gasteiger partial charge on any atom is 0.255 e. The molecule has 1 aliphatic carbocycles. The molecule has 0 radical (unpaired) electrons. The second-order valence-electron chi connectivity index (χ2n) is 9.25. The van der Waals surface area contributed by atoms with Crippen molar-refractivity contribution in [3.8, 4) is 17.0 Å². The topological polar surface area (TPSA) is 118 Å². The van der Waals surface area contributed by atoms with Crippen LogP contribution in [0.5, 0.6) is 5.75 Å². The van der Waals surface area contributed by atoms with Gasteiger partial charge < -0.3 is 26.1 Å². The number of aromatic amines is 1. The molecule has 2 aromatic heterocycles. The van der Waals surface area contributed by atoms with Crippen molar-refractivity contribution in [2.75, 3.05) is 19.7 Å². The van der Waals surface area contributed by atoms with E-state index in [1.165, 1.54) is 12.8 Å². The fourth-order valence-corrected chi connectivity index (χ4v) is 4.50. The lowest BCUT2D eigenvalue weighted by Crippen LogP contribution is -2.42. The van der Waals surface area contributed by atoms with Gasteiger partial charge >= 0.3 is 0 Å². The number of carbonyl (C=O) groups excluding carboxylic acids is 1. The molecule has 5 N–H and O–H groups in total. The molecule has 34 heavy (non-hydrogen) atoms. The van der Waals surface area contributed by atoms with Crippen LogP contribution < -0.4 is 21.1 Å². The lowest BCUT2D eigenvalue weighted by molar-refractivity contribution is 0.0930. The van der Waals surface area contributed by atoms with Gasteiger partial charge in [0.15, 0.2) is 0 Å². The van der Waals surface area contributed by atoms with Crippen LogP contribution in [-0.2, 0) is 6.54 Å². The number of hydrogen-bond acceptors (Lipinski definition) is 6. The molecule has 9 heteroatoms. The molecule has 182 valence electrons. The van der Waals surface area contributed by atoms with Gasteiger partial charge in [0.1, 0.15) is 22.8 Å². The summed E-state index contributed by atoms with van der Waals surface area (Å²) in [7, 11) is 0. The Morgan fingerprint density at radius 1 is 1.18 bits per heavy atom. The molecule has 1 saturated carbocycles. The van der Waals surface area contributed by atoms with Crippen LogP contribution in [0.4, 0.5) is 0 Å². The van der Waals surface area contributed by atoms with Crippen LogP contribution in [0.2, 0.25) is 0 Å². The zero-order chi connectivity index (χ0) is 22.9. The highest BCUT2D eigenvalue weighted by Gasteiger charge is 2.26. The molecular weight excluding hydrogens is 452 g/mol.